The molecule has 2 N–H and O–H groups in total. The summed E-state index contributed by atoms with van der Waals surface area (Å²) in [6, 6.07) is 3.90. The van der Waals surface area contributed by atoms with Gasteiger partial charge in [-0.05, 0) is 18.6 Å². The van der Waals surface area contributed by atoms with Crippen LogP contribution >= 0.6 is 0 Å². The number of rotatable bonds is 2. The Morgan fingerprint density at radius 3 is 2.53 bits per heavy atom. The van der Waals surface area contributed by atoms with E-state index in [9.17, 15) is 0 Å². The number of benzene rings is 1. The fourth-order valence-electron chi connectivity index (χ4n) is 1.91. The van der Waals surface area contributed by atoms with Crippen molar-refractivity contribution >= 4 is 6.08 Å². The molecule has 80 valence electrons. The molecule has 3 heteroatoms. The maximum atomic E-state index is 5.88. The van der Waals surface area contributed by atoms with E-state index in [0.29, 0.717) is 0 Å². The zero-order chi connectivity index (χ0) is 10.8. The van der Waals surface area contributed by atoms with Crippen LogP contribution in [-0.4, -0.2) is 20.3 Å². The van der Waals surface area contributed by atoms with E-state index in [1.165, 1.54) is 0 Å². The SMILES string of the molecule is COc1ccc(OC)c2c1C=CC(N)C2. The predicted octanol–water partition coefficient (Wildman–Crippen LogP) is 1.60. The quantitative estimate of drug-likeness (QED) is 0.797. The van der Waals surface area contributed by atoms with Crippen LogP contribution in [0.15, 0.2) is 18.2 Å². The predicted molar refractivity (Wildman–Crippen MR) is 60.3 cm³/mol. The smallest absolute Gasteiger partial charge is 0.126 e. The van der Waals surface area contributed by atoms with E-state index in [4.69, 9.17) is 15.2 Å². The van der Waals surface area contributed by atoms with Gasteiger partial charge in [-0.15, -0.1) is 0 Å². The number of fused-ring (bicyclic) bond motifs is 1. The van der Waals surface area contributed by atoms with Crippen LogP contribution in [0, 0.1) is 0 Å². The summed E-state index contributed by atoms with van der Waals surface area (Å²) >= 11 is 0. The van der Waals surface area contributed by atoms with Gasteiger partial charge in [0.15, 0.2) is 0 Å². The second-order valence-electron chi connectivity index (χ2n) is 3.59. The van der Waals surface area contributed by atoms with E-state index in [1.54, 1.807) is 14.2 Å². The van der Waals surface area contributed by atoms with Gasteiger partial charge in [0.05, 0.1) is 14.2 Å². The largest absolute Gasteiger partial charge is 0.496 e. The first-order chi connectivity index (χ1) is 7.26. The van der Waals surface area contributed by atoms with Crippen LogP contribution in [-0.2, 0) is 6.42 Å². The van der Waals surface area contributed by atoms with Crippen LogP contribution in [0.5, 0.6) is 11.5 Å². The van der Waals surface area contributed by atoms with E-state index < -0.39 is 0 Å². The number of methoxy groups -OCH3 is 2. The van der Waals surface area contributed by atoms with Crippen LogP contribution in [0.25, 0.3) is 6.08 Å². The molecule has 1 aliphatic carbocycles. The van der Waals surface area contributed by atoms with Gasteiger partial charge in [-0.25, -0.2) is 0 Å². The zero-order valence-corrected chi connectivity index (χ0v) is 8.99. The van der Waals surface area contributed by atoms with Crippen molar-refractivity contribution in [3.8, 4) is 11.5 Å². The first kappa shape index (κ1) is 10.1. The fraction of sp³-hybridized carbons (Fsp3) is 0.333. The average Bonchev–Trinajstić information content (AvgIpc) is 2.27. The normalized spacial score (nSPS) is 18.5. The Labute approximate surface area is 89.5 Å². The highest BCUT2D eigenvalue weighted by Gasteiger charge is 2.18. The van der Waals surface area contributed by atoms with Gasteiger partial charge in [0.1, 0.15) is 11.5 Å². The van der Waals surface area contributed by atoms with Gasteiger partial charge in [0.25, 0.3) is 0 Å². The Kier molecular flexibility index (Phi) is 2.64. The molecule has 0 bridgehead atoms. The van der Waals surface area contributed by atoms with Gasteiger partial charge in [-0.1, -0.05) is 12.2 Å². The summed E-state index contributed by atoms with van der Waals surface area (Å²) in [6.45, 7) is 0. The molecule has 0 amide bonds. The van der Waals surface area contributed by atoms with E-state index >= 15 is 0 Å². The molecule has 0 aliphatic heterocycles. The van der Waals surface area contributed by atoms with Gasteiger partial charge in [0.2, 0.25) is 0 Å². The Bertz CT molecular complexity index is 399. The third-order valence-corrected chi connectivity index (χ3v) is 2.66. The summed E-state index contributed by atoms with van der Waals surface area (Å²) in [4.78, 5) is 0. The molecule has 2 rings (SSSR count). The molecule has 0 aromatic heterocycles. The third-order valence-electron chi connectivity index (χ3n) is 2.66. The minimum Gasteiger partial charge on any atom is -0.496 e. The number of nitrogens with two attached hydrogens (primary N) is 1. The summed E-state index contributed by atoms with van der Waals surface area (Å²) in [5.74, 6) is 1.75. The lowest BCUT2D eigenvalue weighted by atomic mass is 9.93. The van der Waals surface area contributed by atoms with E-state index in [0.717, 1.165) is 29.0 Å². The molecule has 1 unspecified atom stereocenters. The molecule has 0 fully saturated rings. The number of hydrogen-bond donors (Lipinski definition) is 1. The first-order valence-electron chi connectivity index (χ1n) is 4.94. The minimum absolute atomic E-state index is 0.0681. The lowest BCUT2D eigenvalue weighted by Crippen LogP contribution is -2.23. The van der Waals surface area contributed by atoms with Crippen LogP contribution in [0.1, 0.15) is 11.1 Å². The Balaban J connectivity index is 2.56. The maximum absolute atomic E-state index is 5.88. The summed E-state index contributed by atoms with van der Waals surface area (Å²) in [5, 5.41) is 0. The van der Waals surface area contributed by atoms with Crippen molar-refractivity contribution < 1.29 is 9.47 Å². The van der Waals surface area contributed by atoms with Crippen molar-refractivity contribution in [1.82, 2.24) is 0 Å². The lowest BCUT2D eigenvalue weighted by Gasteiger charge is -2.20. The molecular formula is C12H15NO2. The summed E-state index contributed by atoms with van der Waals surface area (Å²) in [7, 11) is 3.34. The van der Waals surface area contributed by atoms with Crippen molar-refractivity contribution in [2.75, 3.05) is 14.2 Å². The molecule has 0 saturated heterocycles. The highest BCUT2D eigenvalue weighted by Crippen LogP contribution is 2.34. The number of hydrogen-bond acceptors (Lipinski definition) is 3. The number of ether oxygens (including phenoxy) is 2. The van der Waals surface area contributed by atoms with E-state index in [-0.39, 0.29) is 6.04 Å². The molecule has 15 heavy (non-hydrogen) atoms. The van der Waals surface area contributed by atoms with Crippen LogP contribution in [0.4, 0.5) is 0 Å². The first-order valence-corrected chi connectivity index (χ1v) is 4.94. The molecule has 1 aromatic rings. The molecule has 0 spiro atoms. The van der Waals surface area contributed by atoms with Crippen molar-refractivity contribution in [3.05, 3.63) is 29.3 Å². The van der Waals surface area contributed by atoms with Crippen molar-refractivity contribution in [1.29, 1.82) is 0 Å². The second-order valence-corrected chi connectivity index (χ2v) is 3.59. The van der Waals surface area contributed by atoms with E-state index in [2.05, 4.69) is 0 Å². The molecular weight excluding hydrogens is 190 g/mol. The molecule has 1 aliphatic rings. The van der Waals surface area contributed by atoms with Crippen LogP contribution in [0.2, 0.25) is 0 Å². The van der Waals surface area contributed by atoms with Gasteiger partial charge in [-0.3, -0.25) is 0 Å². The highest BCUT2D eigenvalue weighted by molar-refractivity contribution is 5.67. The Morgan fingerprint density at radius 1 is 1.20 bits per heavy atom. The summed E-state index contributed by atoms with van der Waals surface area (Å²) in [5.41, 5.74) is 8.09. The van der Waals surface area contributed by atoms with Crippen molar-refractivity contribution in [2.45, 2.75) is 12.5 Å². The lowest BCUT2D eigenvalue weighted by molar-refractivity contribution is 0.396. The Morgan fingerprint density at radius 2 is 1.87 bits per heavy atom. The molecule has 3 nitrogen and oxygen atoms in total. The van der Waals surface area contributed by atoms with Gasteiger partial charge >= 0.3 is 0 Å². The third kappa shape index (κ3) is 1.70. The van der Waals surface area contributed by atoms with Gasteiger partial charge in [-0.2, -0.15) is 0 Å². The Hall–Kier alpha value is -1.48. The maximum Gasteiger partial charge on any atom is 0.126 e. The zero-order valence-electron chi connectivity index (χ0n) is 8.99. The molecule has 0 heterocycles. The van der Waals surface area contributed by atoms with Gasteiger partial charge < -0.3 is 15.2 Å². The van der Waals surface area contributed by atoms with Crippen LogP contribution in [0.3, 0.4) is 0 Å². The molecule has 1 atom stereocenters. The molecule has 0 saturated carbocycles. The fourth-order valence-corrected chi connectivity index (χ4v) is 1.91. The molecule has 1 aromatic carbocycles. The monoisotopic (exact) mass is 205 g/mol. The summed E-state index contributed by atoms with van der Waals surface area (Å²) < 4.78 is 10.6. The second kappa shape index (κ2) is 3.95. The van der Waals surface area contributed by atoms with Crippen molar-refractivity contribution in [2.24, 2.45) is 5.73 Å². The highest BCUT2D eigenvalue weighted by atomic mass is 16.5. The standard InChI is InChI=1S/C12H15NO2/c1-14-11-5-6-12(15-2)10-7-8(13)3-4-9(10)11/h3-6,8H,7,13H2,1-2H3. The van der Waals surface area contributed by atoms with E-state index in [1.807, 2.05) is 24.3 Å². The van der Waals surface area contributed by atoms with Gasteiger partial charge in [0, 0.05) is 17.2 Å². The van der Waals surface area contributed by atoms with Crippen LogP contribution < -0.4 is 15.2 Å². The topological polar surface area (TPSA) is 44.5 Å². The molecule has 0 radical (unpaired) electrons. The average molecular weight is 205 g/mol. The van der Waals surface area contributed by atoms with Crippen molar-refractivity contribution in [3.63, 3.8) is 0 Å². The minimum atomic E-state index is 0.0681. The summed E-state index contributed by atoms with van der Waals surface area (Å²) in [6.07, 6.45) is 4.79.